The van der Waals surface area contributed by atoms with E-state index in [-0.39, 0.29) is 23.8 Å². The van der Waals surface area contributed by atoms with Crippen LogP contribution >= 0.6 is 0 Å². The predicted octanol–water partition coefficient (Wildman–Crippen LogP) is 4.10. The molecule has 0 radical (unpaired) electrons. The van der Waals surface area contributed by atoms with Gasteiger partial charge in [-0.2, -0.15) is 4.98 Å². The minimum absolute atomic E-state index is 0.00943. The fourth-order valence-corrected chi connectivity index (χ4v) is 4.10. The molecule has 2 aromatic rings. The lowest BCUT2D eigenvalue weighted by atomic mass is 9.94. The van der Waals surface area contributed by atoms with Crippen molar-refractivity contribution in [2.24, 2.45) is 11.8 Å². The Bertz CT molecular complexity index is 886. The molecule has 1 aromatic heterocycles. The highest BCUT2D eigenvalue weighted by Gasteiger charge is 2.39. The van der Waals surface area contributed by atoms with Gasteiger partial charge in [0.15, 0.2) is 11.6 Å². The van der Waals surface area contributed by atoms with Gasteiger partial charge in [0, 0.05) is 12.1 Å². The molecule has 0 unspecified atom stereocenters. The topological polar surface area (TPSA) is 73.2 Å². The highest BCUT2D eigenvalue weighted by Crippen LogP contribution is 2.36. The number of halogens is 4. The number of hydrogen-bond donors (Lipinski definition) is 2. The zero-order valence-electron chi connectivity index (χ0n) is 16.5. The van der Waals surface area contributed by atoms with Crippen LogP contribution in [0.4, 0.5) is 23.5 Å². The van der Waals surface area contributed by atoms with Crippen LogP contribution in [0.5, 0.6) is 17.5 Å². The summed E-state index contributed by atoms with van der Waals surface area (Å²) in [6.07, 6.45) is -2.68. The van der Waals surface area contributed by atoms with Crippen LogP contribution in [0, 0.1) is 17.7 Å². The van der Waals surface area contributed by atoms with Gasteiger partial charge >= 0.3 is 12.4 Å². The van der Waals surface area contributed by atoms with Crippen molar-refractivity contribution in [3.8, 4) is 17.5 Å². The van der Waals surface area contributed by atoms with E-state index in [1.807, 2.05) is 13.8 Å². The Morgan fingerprint density at radius 2 is 1.90 bits per heavy atom. The third-order valence-electron chi connectivity index (χ3n) is 5.46. The van der Waals surface area contributed by atoms with Crippen molar-refractivity contribution in [2.75, 3.05) is 18.4 Å². The summed E-state index contributed by atoms with van der Waals surface area (Å²) in [6.45, 7) is 5.68. The summed E-state index contributed by atoms with van der Waals surface area (Å²) < 4.78 is 61.7. The van der Waals surface area contributed by atoms with E-state index in [4.69, 9.17) is 4.74 Å². The molecule has 2 fully saturated rings. The van der Waals surface area contributed by atoms with Gasteiger partial charge in [-0.05, 0) is 63.7 Å². The molecular weight excluding hydrogens is 406 g/mol. The normalized spacial score (nSPS) is 23.6. The molecule has 1 aliphatic heterocycles. The summed E-state index contributed by atoms with van der Waals surface area (Å²) in [5.41, 5.74) is 0. The summed E-state index contributed by atoms with van der Waals surface area (Å²) in [4.78, 5) is 4.39. The fraction of sp³-hybridized carbons (Fsp3) is 0.579. The highest BCUT2D eigenvalue weighted by molar-refractivity contribution is 5.36. The first kappa shape index (κ1) is 20.7. The average molecular weight is 429 g/mol. The number of aromatic nitrogens is 3. The van der Waals surface area contributed by atoms with Gasteiger partial charge in [-0.25, -0.2) is 9.07 Å². The maximum atomic E-state index is 14.0. The number of piperidine rings is 1. The summed E-state index contributed by atoms with van der Waals surface area (Å²) in [7, 11) is 0. The molecule has 4 rings (SSSR count). The zero-order valence-corrected chi connectivity index (χ0v) is 16.5. The van der Waals surface area contributed by atoms with E-state index < -0.39 is 17.9 Å². The molecule has 30 heavy (non-hydrogen) atoms. The molecule has 1 aromatic carbocycles. The molecule has 2 aliphatic rings. The van der Waals surface area contributed by atoms with E-state index in [0.717, 1.165) is 38.1 Å². The monoisotopic (exact) mass is 429 g/mol. The second-order valence-electron chi connectivity index (χ2n) is 7.92. The summed E-state index contributed by atoms with van der Waals surface area (Å²) in [5.74, 6) is -0.692. The first-order valence-electron chi connectivity index (χ1n) is 9.86. The van der Waals surface area contributed by atoms with Gasteiger partial charge in [0.05, 0.1) is 6.04 Å². The quantitative estimate of drug-likeness (QED) is 0.674. The van der Waals surface area contributed by atoms with Gasteiger partial charge in [-0.1, -0.05) is 0 Å². The summed E-state index contributed by atoms with van der Waals surface area (Å²) >= 11 is 0. The van der Waals surface area contributed by atoms with E-state index in [2.05, 4.69) is 25.5 Å². The SMILES string of the molecule is CC(C)n1nc(N[C@@H]2[C@@H]3CC[C@H]2CNC3)nc1Oc1ccc(OC(F)(F)F)c(F)c1. The van der Waals surface area contributed by atoms with Crippen molar-refractivity contribution in [1.82, 2.24) is 20.1 Å². The minimum atomic E-state index is -4.98. The van der Waals surface area contributed by atoms with Crippen LogP contribution < -0.4 is 20.1 Å². The maximum Gasteiger partial charge on any atom is 0.573 e. The Morgan fingerprint density at radius 1 is 1.20 bits per heavy atom. The number of anilines is 1. The molecule has 1 aliphatic carbocycles. The largest absolute Gasteiger partial charge is 0.573 e. The Morgan fingerprint density at radius 3 is 2.50 bits per heavy atom. The van der Waals surface area contributed by atoms with Crippen LogP contribution in [0.3, 0.4) is 0 Å². The number of nitrogens with one attached hydrogen (secondary N) is 2. The Hall–Kier alpha value is -2.56. The Balaban J connectivity index is 1.52. The van der Waals surface area contributed by atoms with Crippen molar-refractivity contribution in [2.45, 2.75) is 45.1 Å². The number of rotatable bonds is 6. The first-order valence-corrected chi connectivity index (χ1v) is 9.86. The number of benzene rings is 1. The lowest BCUT2D eigenvalue weighted by Crippen LogP contribution is -2.45. The molecule has 164 valence electrons. The molecule has 2 heterocycles. The molecule has 1 saturated carbocycles. The highest BCUT2D eigenvalue weighted by atomic mass is 19.4. The molecule has 1 saturated heterocycles. The molecule has 2 bridgehead atoms. The maximum absolute atomic E-state index is 14.0. The predicted molar refractivity (Wildman–Crippen MR) is 100 cm³/mol. The van der Waals surface area contributed by atoms with Gasteiger partial charge in [0.1, 0.15) is 5.75 Å². The first-order chi connectivity index (χ1) is 14.2. The number of alkyl halides is 3. The lowest BCUT2D eigenvalue weighted by molar-refractivity contribution is -0.275. The second-order valence-corrected chi connectivity index (χ2v) is 7.92. The molecule has 7 nitrogen and oxygen atoms in total. The van der Waals surface area contributed by atoms with Crippen LogP contribution in [-0.4, -0.2) is 40.3 Å². The Kier molecular flexibility index (Phi) is 5.48. The van der Waals surface area contributed by atoms with Gasteiger partial charge in [-0.3, -0.25) is 0 Å². The van der Waals surface area contributed by atoms with Gasteiger partial charge in [0.2, 0.25) is 5.95 Å². The number of ether oxygens (including phenoxy) is 2. The van der Waals surface area contributed by atoms with Crippen molar-refractivity contribution in [3.05, 3.63) is 24.0 Å². The van der Waals surface area contributed by atoms with Crippen molar-refractivity contribution < 1.29 is 27.0 Å². The molecule has 11 heteroatoms. The van der Waals surface area contributed by atoms with E-state index in [1.165, 1.54) is 6.07 Å². The van der Waals surface area contributed by atoms with Gasteiger partial charge in [-0.15, -0.1) is 18.3 Å². The second kappa shape index (κ2) is 7.93. The van der Waals surface area contributed by atoms with Crippen LogP contribution in [0.25, 0.3) is 0 Å². The van der Waals surface area contributed by atoms with Crippen LogP contribution in [0.15, 0.2) is 18.2 Å². The summed E-state index contributed by atoms with van der Waals surface area (Å²) in [6, 6.07) is 3.17. The van der Waals surface area contributed by atoms with Gasteiger partial charge in [0.25, 0.3) is 0 Å². The molecular formula is C19H23F4N5O2. The van der Waals surface area contributed by atoms with Crippen molar-refractivity contribution in [3.63, 3.8) is 0 Å². The molecule has 2 N–H and O–H groups in total. The van der Waals surface area contributed by atoms with E-state index in [0.29, 0.717) is 17.8 Å². The van der Waals surface area contributed by atoms with Crippen molar-refractivity contribution >= 4 is 5.95 Å². The number of hydrogen-bond acceptors (Lipinski definition) is 6. The Labute approximate surface area is 170 Å². The minimum Gasteiger partial charge on any atom is -0.424 e. The number of fused-ring (bicyclic) bond motifs is 2. The van der Waals surface area contributed by atoms with E-state index >= 15 is 0 Å². The lowest BCUT2D eigenvalue weighted by Gasteiger charge is -2.30. The van der Waals surface area contributed by atoms with Gasteiger partial charge < -0.3 is 20.1 Å². The van der Waals surface area contributed by atoms with E-state index in [9.17, 15) is 17.6 Å². The van der Waals surface area contributed by atoms with Crippen LogP contribution in [-0.2, 0) is 0 Å². The van der Waals surface area contributed by atoms with Crippen LogP contribution in [0.2, 0.25) is 0 Å². The van der Waals surface area contributed by atoms with Crippen molar-refractivity contribution in [1.29, 1.82) is 0 Å². The smallest absolute Gasteiger partial charge is 0.424 e. The third kappa shape index (κ3) is 4.45. The third-order valence-corrected chi connectivity index (χ3v) is 5.46. The molecule has 3 atom stereocenters. The summed E-state index contributed by atoms with van der Waals surface area (Å²) in [5, 5.41) is 11.3. The van der Waals surface area contributed by atoms with Crippen LogP contribution in [0.1, 0.15) is 32.7 Å². The fourth-order valence-electron chi connectivity index (χ4n) is 4.10. The average Bonchev–Trinajstić information content (AvgIpc) is 3.12. The molecule has 0 spiro atoms. The van der Waals surface area contributed by atoms with E-state index in [1.54, 1.807) is 4.68 Å². The number of nitrogens with zero attached hydrogens (tertiary/aromatic N) is 3. The molecule has 0 amide bonds. The zero-order chi connectivity index (χ0) is 21.5. The standard InChI is InChI=1S/C19H23F4N5O2/c1-10(2)28-18(29-13-5-6-15(14(20)7-13)30-19(21,22)23)26-17(27-28)25-16-11-3-4-12(16)9-24-8-11/h5-7,10-12,16,24H,3-4,8-9H2,1-2H3,(H,25,27)/t11-,12+,16-.